The van der Waals surface area contributed by atoms with E-state index < -0.39 is 0 Å². The fourth-order valence-electron chi connectivity index (χ4n) is 6.21. The molecule has 0 saturated carbocycles. The summed E-state index contributed by atoms with van der Waals surface area (Å²) < 4.78 is 10.9. The Hall–Kier alpha value is -3.84. The van der Waals surface area contributed by atoms with Gasteiger partial charge in [-0.05, 0) is 36.6 Å². The van der Waals surface area contributed by atoms with Crippen LogP contribution in [0.5, 0.6) is 11.5 Å². The normalized spacial score (nSPS) is 20.9. The van der Waals surface area contributed by atoms with Crippen LogP contribution in [0.2, 0.25) is 0 Å². The fourth-order valence-corrected chi connectivity index (χ4v) is 6.21. The average molecular weight is 498 g/mol. The first-order valence-corrected chi connectivity index (χ1v) is 12.8. The molecule has 2 amide bonds. The molecule has 3 aromatic carbocycles. The number of anilines is 1. The zero-order valence-electron chi connectivity index (χ0n) is 21.2. The van der Waals surface area contributed by atoms with Crippen LogP contribution < -0.4 is 14.4 Å². The second-order valence-electron chi connectivity index (χ2n) is 10.00. The van der Waals surface area contributed by atoms with Gasteiger partial charge in [-0.15, -0.1) is 0 Å². The number of nitrogens with zero attached hydrogens (tertiary/aromatic N) is 3. The van der Waals surface area contributed by atoms with Crippen molar-refractivity contribution in [1.82, 2.24) is 9.80 Å². The third-order valence-electron chi connectivity index (χ3n) is 7.97. The van der Waals surface area contributed by atoms with Gasteiger partial charge in [0.15, 0.2) is 11.5 Å². The molecule has 0 aliphatic carbocycles. The Balaban J connectivity index is 1.25. The molecule has 37 heavy (non-hydrogen) atoms. The molecule has 2 fully saturated rings. The maximum absolute atomic E-state index is 13.7. The number of fused-ring (bicyclic) bond motifs is 3. The van der Waals surface area contributed by atoms with E-state index >= 15 is 0 Å². The Morgan fingerprint density at radius 3 is 2.22 bits per heavy atom. The van der Waals surface area contributed by atoms with Crippen molar-refractivity contribution < 1.29 is 19.1 Å². The van der Waals surface area contributed by atoms with Crippen molar-refractivity contribution in [3.63, 3.8) is 0 Å². The summed E-state index contributed by atoms with van der Waals surface area (Å²) in [6, 6.07) is 22.6. The number of imide groups is 1. The van der Waals surface area contributed by atoms with Gasteiger partial charge in [0.1, 0.15) is 0 Å². The molecule has 2 saturated heterocycles. The zero-order chi connectivity index (χ0) is 25.5. The summed E-state index contributed by atoms with van der Waals surface area (Å²) in [5.74, 6) is 0.589. The Kier molecular flexibility index (Phi) is 6.08. The van der Waals surface area contributed by atoms with Gasteiger partial charge in [-0.25, -0.2) is 0 Å². The molecular formula is C30H31N3O4. The Labute approximate surface area is 217 Å². The highest BCUT2D eigenvalue weighted by molar-refractivity contribution is 6.23. The maximum Gasteiger partial charge on any atom is 0.263 e. The summed E-state index contributed by atoms with van der Waals surface area (Å²) in [6.07, 6.45) is 2.30. The first-order chi connectivity index (χ1) is 18.1. The van der Waals surface area contributed by atoms with E-state index in [-0.39, 0.29) is 18.4 Å². The SMILES string of the molecule is COc1cccc(CN2C(=O)c3cccc(N4CC5CCC(C4)N5Cc4ccccc4)c3C2=O)c1OC. The summed E-state index contributed by atoms with van der Waals surface area (Å²) in [5.41, 5.74) is 3.92. The van der Waals surface area contributed by atoms with Crippen LogP contribution in [-0.4, -0.2) is 61.0 Å². The van der Waals surface area contributed by atoms with Crippen LogP contribution in [0.15, 0.2) is 66.7 Å². The predicted molar refractivity (Wildman–Crippen MR) is 141 cm³/mol. The lowest BCUT2D eigenvalue weighted by molar-refractivity contribution is 0.0641. The number of piperazine rings is 1. The smallest absolute Gasteiger partial charge is 0.263 e. The molecule has 3 heterocycles. The van der Waals surface area contributed by atoms with Crippen LogP contribution in [0.1, 0.15) is 44.7 Å². The number of rotatable bonds is 7. The highest BCUT2D eigenvalue weighted by Gasteiger charge is 2.43. The number of methoxy groups -OCH3 is 2. The monoisotopic (exact) mass is 497 g/mol. The van der Waals surface area contributed by atoms with Crippen molar-refractivity contribution in [2.75, 3.05) is 32.2 Å². The van der Waals surface area contributed by atoms with Crippen molar-refractivity contribution in [1.29, 1.82) is 0 Å². The van der Waals surface area contributed by atoms with Gasteiger partial charge in [0.2, 0.25) is 0 Å². The minimum Gasteiger partial charge on any atom is -0.493 e. The highest BCUT2D eigenvalue weighted by Crippen LogP contribution is 2.39. The molecule has 3 aliphatic rings. The van der Waals surface area contributed by atoms with E-state index in [0.29, 0.717) is 34.7 Å². The second-order valence-corrected chi connectivity index (χ2v) is 10.00. The van der Waals surface area contributed by atoms with Gasteiger partial charge < -0.3 is 14.4 Å². The minimum absolute atomic E-state index is 0.127. The molecule has 2 bridgehead atoms. The number of carbonyl (C=O) groups excluding carboxylic acids is 2. The molecule has 190 valence electrons. The van der Waals surface area contributed by atoms with E-state index in [9.17, 15) is 9.59 Å². The third kappa shape index (κ3) is 4.03. The maximum atomic E-state index is 13.7. The van der Waals surface area contributed by atoms with E-state index in [2.05, 4.69) is 40.1 Å². The molecule has 2 unspecified atom stereocenters. The van der Waals surface area contributed by atoms with Crippen LogP contribution in [-0.2, 0) is 13.1 Å². The van der Waals surface area contributed by atoms with Gasteiger partial charge in [0.25, 0.3) is 11.8 Å². The van der Waals surface area contributed by atoms with Crippen LogP contribution in [0.4, 0.5) is 5.69 Å². The van der Waals surface area contributed by atoms with Crippen molar-refractivity contribution in [3.8, 4) is 11.5 Å². The Morgan fingerprint density at radius 2 is 1.51 bits per heavy atom. The standard InChI is InChI=1S/C30H31N3O4/c1-36-26-13-6-10-21(28(26)37-2)17-33-29(34)24-11-7-12-25(27(24)30(33)35)31-18-22-14-15-23(19-31)32(22)16-20-8-4-3-5-9-20/h3-13,22-23H,14-19H2,1-2H3. The van der Waals surface area contributed by atoms with Gasteiger partial charge in [-0.3, -0.25) is 19.4 Å². The molecule has 0 spiro atoms. The molecule has 7 heteroatoms. The quantitative estimate of drug-likeness (QED) is 0.452. The summed E-state index contributed by atoms with van der Waals surface area (Å²) in [4.78, 5) is 33.4. The van der Waals surface area contributed by atoms with Gasteiger partial charge in [-0.1, -0.05) is 48.5 Å². The summed E-state index contributed by atoms with van der Waals surface area (Å²) in [7, 11) is 3.14. The molecule has 0 radical (unpaired) electrons. The van der Waals surface area contributed by atoms with Crippen LogP contribution in [0.3, 0.4) is 0 Å². The van der Waals surface area contributed by atoms with Crippen LogP contribution in [0, 0.1) is 0 Å². The summed E-state index contributed by atoms with van der Waals surface area (Å²) in [5, 5.41) is 0. The van der Waals surface area contributed by atoms with E-state index in [4.69, 9.17) is 9.47 Å². The lowest BCUT2D eigenvalue weighted by Crippen LogP contribution is -2.53. The molecule has 2 atom stereocenters. The fraction of sp³-hybridized carbons (Fsp3) is 0.333. The molecule has 3 aliphatic heterocycles. The van der Waals surface area contributed by atoms with Crippen molar-refractivity contribution in [3.05, 3.63) is 89.0 Å². The number of hydrogen-bond donors (Lipinski definition) is 0. The lowest BCUT2D eigenvalue weighted by atomic mass is 10.0. The zero-order valence-corrected chi connectivity index (χ0v) is 21.2. The molecule has 3 aromatic rings. The summed E-state index contributed by atoms with van der Waals surface area (Å²) >= 11 is 0. The minimum atomic E-state index is -0.266. The van der Waals surface area contributed by atoms with Crippen LogP contribution >= 0.6 is 0 Å². The van der Waals surface area contributed by atoms with Gasteiger partial charge in [0, 0.05) is 37.3 Å². The number of carbonyl (C=O) groups is 2. The van der Waals surface area contributed by atoms with Crippen molar-refractivity contribution >= 4 is 17.5 Å². The van der Waals surface area contributed by atoms with Gasteiger partial charge in [0.05, 0.1) is 37.6 Å². The Bertz CT molecular complexity index is 1330. The predicted octanol–water partition coefficient (Wildman–Crippen LogP) is 4.35. The first-order valence-electron chi connectivity index (χ1n) is 12.8. The van der Waals surface area contributed by atoms with E-state index in [1.54, 1.807) is 26.4 Å². The topological polar surface area (TPSA) is 62.3 Å². The van der Waals surface area contributed by atoms with Gasteiger partial charge >= 0.3 is 0 Å². The highest BCUT2D eigenvalue weighted by atomic mass is 16.5. The molecule has 6 rings (SSSR count). The molecular weight excluding hydrogens is 466 g/mol. The van der Waals surface area contributed by atoms with E-state index in [0.717, 1.165) is 43.7 Å². The second kappa shape index (κ2) is 9.56. The van der Waals surface area contributed by atoms with Crippen molar-refractivity contribution in [2.24, 2.45) is 0 Å². The average Bonchev–Trinajstić information content (AvgIpc) is 3.30. The van der Waals surface area contributed by atoms with E-state index in [1.807, 2.05) is 24.3 Å². The molecule has 0 N–H and O–H groups in total. The van der Waals surface area contributed by atoms with Crippen LogP contribution in [0.25, 0.3) is 0 Å². The van der Waals surface area contributed by atoms with Crippen molar-refractivity contribution in [2.45, 2.75) is 38.0 Å². The number of para-hydroxylation sites is 1. The number of ether oxygens (including phenoxy) is 2. The molecule has 0 aromatic heterocycles. The molecule has 7 nitrogen and oxygen atoms in total. The van der Waals surface area contributed by atoms with E-state index in [1.165, 1.54) is 10.5 Å². The third-order valence-corrected chi connectivity index (χ3v) is 7.97. The first kappa shape index (κ1) is 23.6. The van der Waals surface area contributed by atoms with Gasteiger partial charge in [-0.2, -0.15) is 0 Å². The summed E-state index contributed by atoms with van der Waals surface area (Å²) in [6.45, 7) is 2.78. The number of benzene rings is 3. The lowest BCUT2D eigenvalue weighted by Gasteiger charge is -2.42. The number of amides is 2. The largest absolute Gasteiger partial charge is 0.493 e. The number of hydrogen-bond acceptors (Lipinski definition) is 6. The Morgan fingerprint density at radius 1 is 0.784 bits per heavy atom.